The molecule has 0 spiro atoms. The highest BCUT2D eigenvalue weighted by molar-refractivity contribution is 6.31. The maximum absolute atomic E-state index is 12.5. The first-order valence-corrected chi connectivity index (χ1v) is 8.17. The van der Waals surface area contributed by atoms with Gasteiger partial charge in [0, 0.05) is 17.3 Å². The number of nitrogens with zero attached hydrogens (tertiary/aromatic N) is 2. The fourth-order valence-corrected chi connectivity index (χ4v) is 2.73. The lowest BCUT2D eigenvalue weighted by Crippen LogP contribution is -2.14. The molecule has 0 aliphatic carbocycles. The Morgan fingerprint density at radius 2 is 2.08 bits per heavy atom. The monoisotopic (exact) mass is 355 g/mol. The van der Waals surface area contributed by atoms with Gasteiger partial charge >= 0.3 is 0 Å². The number of aromatic nitrogens is 2. The molecule has 2 aromatic carbocycles. The van der Waals surface area contributed by atoms with Crippen molar-refractivity contribution in [2.75, 3.05) is 12.4 Å². The maximum Gasteiger partial charge on any atom is 0.260 e. The molecule has 0 bridgehead atoms. The molecule has 3 rings (SSSR count). The summed E-state index contributed by atoms with van der Waals surface area (Å²) >= 11 is 5.97. The van der Waals surface area contributed by atoms with Crippen molar-refractivity contribution in [3.63, 3.8) is 0 Å². The Balaban J connectivity index is 1.73. The first-order valence-electron chi connectivity index (χ1n) is 7.79. The minimum atomic E-state index is -0.319. The zero-order valence-electron chi connectivity index (χ0n) is 14.0. The Hall–Kier alpha value is -2.79. The number of rotatable bonds is 5. The van der Waals surface area contributed by atoms with Crippen molar-refractivity contribution in [2.45, 2.75) is 13.5 Å². The van der Waals surface area contributed by atoms with E-state index < -0.39 is 0 Å². The Morgan fingerprint density at radius 3 is 2.84 bits per heavy atom. The van der Waals surface area contributed by atoms with Crippen molar-refractivity contribution in [3.05, 3.63) is 76.4 Å². The predicted molar refractivity (Wildman–Crippen MR) is 98.5 cm³/mol. The molecule has 1 aromatic heterocycles. The standard InChI is InChI=1S/C19H18ClN3O2/c1-13-4-3-5-14(10-13)12-23-9-8-18(22-23)21-19(24)16-11-15(20)6-7-17(16)25-2/h3-11H,12H2,1-2H3,(H,21,22,24). The van der Waals surface area contributed by atoms with Crippen molar-refractivity contribution in [3.8, 4) is 5.75 Å². The van der Waals surface area contributed by atoms with Crippen molar-refractivity contribution in [1.29, 1.82) is 0 Å². The molecule has 25 heavy (non-hydrogen) atoms. The smallest absolute Gasteiger partial charge is 0.260 e. The summed E-state index contributed by atoms with van der Waals surface area (Å²) in [5.74, 6) is 0.612. The molecule has 1 heterocycles. The third-order valence-corrected chi connectivity index (χ3v) is 3.95. The van der Waals surface area contributed by atoms with Gasteiger partial charge in [-0.15, -0.1) is 0 Å². The molecule has 0 atom stereocenters. The van der Waals surface area contributed by atoms with Gasteiger partial charge in [0.2, 0.25) is 0 Å². The summed E-state index contributed by atoms with van der Waals surface area (Å²) in [6.07, 6.45) is 1.83. The number of benzene rings is 2. The zero-order valence-corrected chi connectivity index (χ0v) is 14.7. The second-order valence-corrected chi connectivity index (χ2v) is 6.12. The van der Waals surface area contributed by atoms with Gasteiger partial charge in [0.1, 0.15) is 5.75 Å². The fourth-order valence-electron chi connectivity index (χ4n) is 2.56. The van der Waals surface area contributed by atoms with Gasteiger partial charge in [-0.25, -0.2) is 0 Å². The van der Waals surface area contributed by atoms with Crippen LogP contribution in [0.1, 0.15) is 21.5 Å². The van der Waals surface area contributed by atoms with Gasteiger partial charge in [-0.1, -0.05) is 41.4 Å². The van der Waals surface area contributed by atoms with Gasteiger partial charge in [0.25, 0.3) is 5.91 Å². The van der Waals surface area contributed by atoms with E-state index in [1.165, 1.54) is 12.7 Å². The summed E-state index contributed by atoms with van der Waals surface area (Å²) in [6.45, 7) is 2.69. The number of hydrogen-bond acceptors (Lipinski definition) is 3. The van der Waals surface area contributed by atoms with Gasteiger partial charge in [0.15, 0.2) is 5.82 Å². The summed E-state index contributed by atoms with van der Waals surface area (Å²) < 4.78 is 6.99. The Kier molecular flexibility index (Phi) is 5.05. The molecule has 1 amide bonds. The van der Waals surface area contributed by atoms with Crippen LogP contribution in [-0.4, -0.2) is 22.8 Å². The van der Waals surface area contributed by atoms with Crippen LogP contribution in [0.15, 0.2) is 54.7 Å². The number of halogens is 1. The maximum atomic E-state index is 12.5. The van der Waals surface area contributed by atoms with Gasteiger partial charge in [0.05, 0.1) is 19.2 Å². The average Bonchev–Trinajstić information content (AvgIpc) is 3.01. The molecule has 0 saturated heterocycles. The summed E-state index contributed by atoms with van der Waals surface area (Å²) in [7, 11) is 1.51. The van der Waals surface area contributed by atoms with Crippen LogP contribution in [0.2, 0.25) is 5.02 Å². The summed E-state index contributed by atoms with van der Waals surface area (Å²) in [4.78, 5) is 12.5. The van der Waals surface area contributed by atoms with Crippen molar-refractivity contribution >= 4 is 23.3 Å². The Bertz CT molecular complexity index is 905. The number of ether oxygens (including phenoxy) is 1. The highest BCUT2D eigenvalue weighted by atomic mass is 35.5. The molecule has 0 aliphatic rings. The largest absolute Gasteiger partial charge is 0.496 e. The number of amides is 1. The number of carbonyl (C=O) groups is 1. The Labute approximate surface area is 151 Å². The van der Waals surface area contributed by atoms with Gasteiger partial charge in [-0.2, -0.15) is 5.10 Å². The van der Waals surface area contributed by atoms with E-state index in [4.69, 9.17) is 16.3 Å². The number of aryl methyl sites for hydroxylation is 1. The fraction of sp³-hybridized carbons (Fsp3) is 0.158. The van der Waals surface area contributed by atoms with Crippen LogP contribution in [0, 0.1) is 6.92 Å². The van der Waals surface area contributed by atoms with E-state index in [2.05, 4.69) is 29.5 Å². The van der Waals surface area contributed by atoms with E-state index in [0.717, 1.165) is 5.56 Å². The normalized spacial score (nSPS) is 10.5. The average molecular weight is 356 g/mol. The van der Waals surface area contributed by atoms with Crippen LogP contribution in [0.3, 0.4) is 0 Å². The van der Waals surface area contributed by atoms with Crippen LogP contribution < -0.4 is 10.1 Å². The van der Waals surface area contributed by atoms with Gasteiger partial charge in [-0.05, 0) is 30.7 Å². The minimum absolute atomic E-state index is 0.319. The predicted octanol–water partition coefficient (Wildman–Crippen LogP) is 4.15. The minimum Gasteiger partial charge on any atom is -0.496 e. The SMILES string of the molecule is COc1ccc(Cl)cc1C(=O)Nc1ccn(Cc2cccc(C)c2)n1. The van der Waals surface area contributed by atoms with Crippen LogP contribution in [0.25, 0.3) is 0 Å². The molecule has 0 radical (unpaired) electrons. The number of nitrogens with one attached hydrogen (secondary N) is 1. The molecule has 1 N–H and O–H groups in total. The quantitative estimate of drug-likeness (QED) is 0.747. The molecule has 0 aliphatic heterocycles. The van der Waals surface area contributed by atoms with Crippen molar-refractivity contribution in [2.24, 2.45) is 0 Å². The Morgan fingerprint density at radius 1 is 1.24 bits per heavy atom. The summed E-state index contributed by atoms with van der Waals surface area (Å²) in [5.41, 5.74) is 2.71. The van der Waals surface area contributed by atoms with Gasteiger partial charge < -0.3 is 10.1 Å². The topological polar surface area (TPSA) is 56.1 Å². The second kappa shape index (κ2) is 7.40. The van der Waals surface area contributed by atoms with Crippen LogP contribution in [0.4, 0.5) is 5.82 Å². The second-order valence-electron chi connectivity index (χ2n) is 5.69. The van der Waals surface area contributed by atoms with Crippen molar-refractivity contribution < 1.29 is 9.53 Å². The first-order chi connectivity index (χ1) is 12.0. The van der Waals surface area contributed by atoms with E-state index in [1.54, 1.807) is 28.9 Å². The lowest BCUT2D eigenvalue weighted by Gasteiger charge is -2.08. The van der Waals surface area contributed by atoms with E-state index in [0.29, 0.717) is 28.7 Å². The zero-order chi connectivity index (χ0) is 17.8. The van der Waals surface area contributed by atoms with Crippen LogP contribution in [-0.2, 0) is 6.54 Å². The summed E-state index contributed by atoms with van der Waals surface area (Å²) in [5, 5.41) is 7.63. The number of hydrogen-bond donors (Lipinski definition) is 1. The van der Waals surface area contributed by atoms with Gasteiger partial charge in [-0.3, -0.25) is 9.48 Å². The number of anilines is 1. The first kappa shape index (κ1) is 17.0. The third-order valence-electron chi connectivity index (χ3n) is 3.72. The molecule has 0 unspecified atom stereocenters. The highest BCUT2D eigenvalue weighted by Crippen LogP contribution is 2.23. The molecular formula is C19H18ClN3O2. The summed E-state index contributed by atoms with van der Waals surface area (Å²) in [6, 6.07) is 14.9. The van der Waals surface area contributed by atoms with Crippen molar-refractivity contribution in [1.82, 2.24) is 9.78 Å². The molecule has 0 fully saturated rings. The molecule has 6 heteroatoms. The molecule has 3 aromatic rings. The van der Waals surface area contributed by atoms with Crippen LogP contribution >= 0.6 is 11.6 Å². The lowest BCUT2D eigenvalue weighted by atomic mass is 10.1. The van der Waals surface area contributed by atoms with Crippen LogP contribution in [0.5, 0.6) is 5.75 Å². The molecular weight excluding hydrogens is 338 g/mol. The third kappa shape index (κ3) is 4.19. The molecule has 5 nitrogen and oxygen atoms in total. The van der Waals surface area contributed by atoms with E-state index in [1.807, 2.05) is 18.3 Å². The van der Waals surface area contributed by atoms with E-state index >= 15 is 0 Å². The number of methoxy groups -OCH3 is 1. The number of carbonyl (C=O) groups excluding carboxylic acids is 1. The molecule has 0 saturated carbocycles. The van der Waals surface area contributed by atoms with E-state index in [-0.39, 0.29) is 5.91 Å². The molecule has 128 valence electrons. The highest BCUT2D eigenvalue weighted by Gasteiger charge is 2.14. The lowest BCUT2D eigenvalue weighted by molar-refractivity contribution is 0.102. The van der Waals surface area contributed by atoms with E-state index in [9.17, 15) is 4.79 Å².